The second kappa shape index (κ2) is 6.23. The Morgan fingerprint density at radius 3 is 1.10 bits per heavy atom. The molecule has 0 amide bonds. The zero-order chi connectivity index (χ0) is 17.2. The van der Waals surface area contributed by atoms with Gasteiger partial charge in [0.15, 0.2) is 0 Å². The van der Waals surface area contributed by atoms with Crippen LogP contribution in [-0.4, -0.2) is 86.8 Å². The van der Waals surface area contributed by atoms with E-state index in [1.807, 2.05) is 0 Å². The summed E-state index contributed by atoms with van der Waals surface area (Å²) < 4.78 is 0. The van der Waals surface area contributed by atoms with Crippen molar-refractivity contribution < 1.29 is 60.0 Å². The van der Waals surface area contributed by atoms with Crippen molar-refractivity contribution in [1.29, 1.82) is 0 Å². The van der Waals surface area contributed by atoms with Crippen molar-refractivity contribution in [1.82, 2.24) is 0 Å². The molecule has 0 aliphatic carbocycles. The molecule has 0 bridgehead atoms. The first-order valence-corrected chi connectivity index (χ1v) is 5.55. The monoisotopic (exact) mass is 330 g/mol. The topological polar surface area (TPSA) is 230 Å². The second-order valence-electron chi connectivity index (χ2n) is 3.59. The Balaban J connectivity index is 5.88. The maximum absolute atomic E-state index is 10.8. The van der Waals surface area contributed by atoms with Gasteiger partial charge in [0.1, 0.15) is 0 Å². The zero-order valence-electron chi connectivity index (χ0n) is 9.77. The summed E-state index contributed by atoms with van der Waals surface area (Å²) in [6, 6.07) is 0. The molecule has 13 heteroatoms. The molecule has 0 aromatic rings. The molecule has 0 radical (unpaired) electrons. The second-order valence-corrected chi connectivity index (χ2v) is 5.04. The summed E-state index contributed by atoms with van der Waals surface area (Å²) >= 11 is -1.07. The van der Waals surface area contributed by atoms with Gasteiger partial charge in [-0.3, -0.25) is 0 Å². The average Bonchev–Trinajstić information content (AvgIpc) is 2.35. The first-order chi connectivity index (χ1) is 9.30. The number of aliphatic hydroxyl groups is 4. The molecule has 0 aliphatic heterocycles. The smallest absolute Gasteiger partial charge is 0.350 e. The number of rotatable bonds is 8. The molecule has 0 saturated carbocycles. The molecule has 0 spiro atoms. The van der Waals surface area contributed by atoms with Crippen molar-refractivity contribution in [2.45, 2.75) is 22.1 Å². The summed E-state index contributed by atoms with van der Waals surface area (Å²) in [4.78, 5) is 35.0. The summed E-state index contributed by atoms with van der Waals surface area (Å²) in [5.74, 6) is -9.57. The van der Waals surface area contributed by atoms with Gasteiger partial charge in [-0.15, -0.1) is 0 Å². The minimum Gasteiger partial charge on any atom is -0.479 e. The third kappa shape index (κ3) is 3.59. The first-order valence-electron chi connectivity index (χ1n) is 4.74. The van der Waals surface area contributed by atoms with Gasteiger partial charge in [-0.05, 0) is 0 Å². The number of carbonyl (C=O) groups is 4. The number of hydrogen-bond donors (Lipinski definition) is 8. The normalized spacial score (nSPS) is 19.6. The Labute approximate surface area is 118 Å². The molecule has 0 heterocycles. The van der Waals surface area contributed by atoms with Crippen LogP contribution < -0.4 is 0 Å². The number of carboxylic acid groups (broad SMARTS) is 4. The maximum atomic E-state index is 10.8. The van der Waals surface area contributed by atoms with Gasteiger partial charge < -0.3 is 40.9 Å². The summed E-state index contributed by atoms with van der Waals surface area (Å²) in [6.07, 6.45) is -6.27. The van der Waals surface area contributed by atoms with Gasteiger partial charge in [-0.1, -0.05) is 11.8 Å². The fourth-order valence-electron chi connectivity index (χ4n) is 1.00. The van der Waals surface area contributed by atoms with Crippen molar-refractivity contribution >= 4 is 35.6 Å². The van der Waals surface area contributed by atoms with E-state index >= 15 is 0 Å². The Morgan fingerprint density at radius 1 is 0.714 bits per heavy atom. The number of aliphatic hydroxyl groups excluding tert-OH is 2. The highest BCUT2D eigenvalue weighted by Crippen LogP contribution is 2.39. The van der Waals surface area contributed by atoms with Gasteiger partial charge >= 0.3 is 23.9 Å². The van der Waals surface area contributed by atoms with Crippen LogP contribution in [0.3, 0.4) is 0 Å². The molecule has 21 heavy (non-hydrogen) atoms. The summed E-state index contributed by atoms with van der Waals surface area (Å²) in [5, 5.41) is 71.6. The minimum absolute atomic E-state index is 1.07. The third-order valence-corrected chi connectivity index (χ3v) is 3.55. The third-order valence-electron chi connectivity index (χ3n) is 2.13. The van der Waals surface area contributed by atoms with Crippen LogP contribution in [0, 0.1) is 0 Å². The lowest BCUT2D eigenvalue weighted by Crippen LogP contribution is -2.59. The van der Waals surface area contributed by atoms with Gasteiger partial charge in [-0.2, -0.15) is 0 Å². The molecular formula is C8H10O12S. The molecule has 4 atom stereocenters. The number of carboxylic acids is 4. The quantitative estimate of drug-likeness (QED) is 0.199. The van der Waals surface area contributed by atoms with Gasteiger partial charge in [0.25, 0.3) is 0 Å². The molecule has 8 N–H and O–H groups in total. The predicted molar refractivity (Wildman–Crippen MR) is 60.0 cm³/mol. The standard InChI is InChI=1S/C8H10O12S/c9-1(3(11)12)7(19,5(15)16)21-8(20,6(17)18)2(10)4(13)14/h1-2,9-10,19-20H,(H,11,12)(H,13,14)(H,15,16)(H,17,18)/t1-,2-,7-,8-/m0/s1. The highest BCUT2D eigenvalue weighted by molar-refractivity contribution is 8.03. The minimum atomic E-state index is -3.85. The summed E-state index contributed by atoms with van der Waals surface area (Å²) in [6.45, 7) is 0. The van der Waals surface area contributed by atoms with Crippen LogP contribution in [0.1, 0.15) is 0 Å². The fraction of sp³-hybridized carbons (Fsp3) is 0.500. The lowest BCUT2D eigenvalue weighted by Gasteiger charge is -2.33. The number of hydrogen-bond acceptors (Lipinski definition) is 9. The number of thioether (sulfide) groups is 1. The van der Waals surface area contributed by atoms with Crippen LogP contribution in [0.2, 0.25) is 0 Å². The molecule has 0 aromatic heterocycles. The maximum Gasteiger partial charge on any atom is 0.350 e. The van der Waals surface area contributed by atoms with Crippen molar-refractivity contribution in [2.24, 2.45) is 0 Å². The van der Waals surface area contributed by atoms with Crippen molar-refractivity contribution in [3.05, 3.63) is 0 Å². The van der Waals surface area contributed by atoms with Crippen LogP contribution in [0.15, 0.2) is 0 Å². The van der Waals surface area contributed by atoms with E-state index in [4.69, 9.17) is 30.6 Å². The van der Waals surface area contributed by atoms with E-state index in [0.29, 0.717) is 0 Å². The highest BCUT2D eigenvalue weighted by Gasteiger charge is 2.60. The predicted octanol–water partition coefficient (Wildman–Crippen LogP) is -3.84. The molecule has 12 nitrogen and oxygen atoms in total. The Bertz CT molecular complexity index is 434. The van der Waals surface area contributed by atoms with E-state index in [0.717, 1.165) is 0 Å². The molecule has 0 fully saturated rings. The van der Waals surface area contributed by atoms with E-state index in [1.165, 1.54) is 0 Å². The fourth-order valence-corrected chi connectivity index (χ4v) is 2.08. The average molecular weight is 330 g/mol. The zero-order valence-corrected chi connectivity index (χ0v) is 10.6. The number of aliphatic carboxylic acids is 4. The Kier molecular flexibility index (Phi) is 5.66. The van der Waals surface area contributed by atoms with Crippen molar-refractivity contribution in [3.63, 3.8) is 0 Å². The Morgan fingerprint density at radius 2 is 0.952 bits per heavy atom. The largest absolute Gasteiger partial charge is 0.479 e. The van der Waals surface area contributed by atoms with Crippen molar-refractivity contribution in [2.75, 3.05) is 0 Å². The van der Waals surface area contributed by atoms with Crippen LogP contribution in [0.4, 0.5) is 0 Å². The van der Waals surface area contributed by atoms with Gasteiger partial charge in [0.2, 0.25) is 22.1 Å². The van der Waals surface area contributed by atoms with Crippen LogP contribution in [0.5, 0.6) is 0 Å². The van der Waals surface area contributed by atoms with E-state index in [1.54, 1.807) is 0 Å². The van der Waals surface area contributed by atoms with E-state index < -0.39 is 57.7 Å². The van der Waals surface area contributed by atoms with Crippen LogP contribution >= 0.6 is 11.8 Å². The summed E-state index contributed by atoms with van der Waals surface area (Å²) in [5.41, 5.74) is 0. The van der Waals surface area contributed by atoms with E-state index in [9.17, 15) is 29.4 Å². The highest BCUT2D eigenvalue weighted by atomic mass is 32.2. The molecule has 120 valence electrons. The lowest BCUT2D eigenvalue weighted by atomic mass is 10.2. The van der Waals surface area contributed by atoms with Gasteiger partial charge in [0.05, 0.1) is 0 Å². The SMILES string of the molecule is O=C(O)[C@H](O)[C@](O)(S[C@](O)(C(=O)O)[C@@H](O)C(=O)O)C(=O)O. The molecule has 0 aliphatic rings. The molecule has 0 rings (SSSR count). The van der Waals surface area contributed by atoms with E-state index in [-0.39, 0.29) is 0 Å². The molecular weight excluding hydrogens is 320 g/mol. The summed E-state index contributed by atoms with van der Waals surface area (Å²) in [7, 11) is 0. The molecule has 0 saturated heterocycles. The van der Waals surface area contributed by atoms with Gasteiger partial charge in [-0.25, -0.2) is 19.2 Å². The molecule has 0 aromatic carbocycles. The molecule has 0 unspecified atom stereocenters. The Hall–Kier alpha value is -1.93. The first kappa shape index (κ1) is 19.1. The lowest BCUT2D eigenvalue weighted by molar-refractivity contribution is -0.174. The van der Waals surface area contributed by atoms with Crippen LogP contribution in [0.25, 0.3) is 0 Å². The van der Waals surface area contributed by atoms with Gasteiger partial charge in [0, 0.05) is 0 Å². The van der Waals surface area contributed by atoms with E-state index in [2.05, 4.69) is 0 Å². The van der Waals surface area contributed by atoms with Crippen molar-refractivity contribution in [3.8, 4) is 0 Å². The van der Waals surface area contributed by atoms with Crippen LogP contribution in [-0.2, 0) is 19.2 Å².